The van der Waals surface area contributed by atoms with Gasteiger partial charge in [0.2, 0.25) is 0 Å². The second-order valence-electron chi connectivity index (χ2n) is 2.65. The summed E-state index contributed by atoms with van der Waals surface area (Å²) in [6.45, 7) is 6.40. The fourth-order valence-corrected chi connectivity index (χ4v) is 1.41. The van der Waals surface area contributed by atoms with Gasteiger partial charge in [0, 0.05) is 0 Å². The first-order valence-electron chi connectivity index (χ1n) is 3.36. The summed E-state index contributed by atoms with van der Waals surface area (Å²) < 4.78 is 1.31. The van der Waals surface area contributed by atoms with Crippen LogP contribution in [0.1, 0.15) is 16.7 Å². The van der Waals surface area contributed by atoms with Gasteiger partial charge in [0.15, 0.2) is 0 Å². The zero-order chi connectivity index (χ0) is 7.72. The molecule has 1 radical (unpaired) electrons. The van der Waals surface area contributed by atoms with E-state index in [1.54, 1.807) is 0 Å². The van der Waals surface area contributed by atoms with E-state index >= 15 is 0 Å². The van der Waals surface area contributed by atoms with Crippen LogP contribution in [0, 0.1) is 20.8 Å². The van der Waals surface area contributed by atoms with Crippen LogP contribution in [-0.2, 0) is 0 Å². The molecule has 0 aliphatic carbocycles. The van der Waals surface area contributed by atoms with E-state index in [4.69, 9.17) is 0 Å². The summed E-state index contributed by atoms with van der Waals surface area (Å²) in [5.41, 5.74) is 4.07. The van der Waals surface area contributed by atoms with Crippen molar-refractivity contribution in [1.29, 1.82) is 0 Å². The van der Waals surface area contributed by atoms with Gasteiger partial charge < -0.3 is 0 Å². The van der Waals surface area contributed by atoms with Crippen molar-refractivity contribution in [2.45, 2.75) is 20.8 Å². The van der Waals surface area contributed by atoms with Crippen molar-refractivity contribution in [2.75, 3.05) is 0 Å². The molecule has 0 amide bonds. The minimum atomic E-state index is 1.31. The maximum absolute atomic E-state index is 3.08. The van der Waals surface area contributed by atoms with E-state index in [9.17, 15) is 0 Å². The Hall–Kier alpha value is -0.261. The fourth-order valence-electron chi connectivity index (χ4n) is 0.926. The molecular weight excluding hydrogens is 187 g/mol. The van der Waals surface area contributed by atoms with Crippen molar-refractivity contribution >= 4 is 20.5 Å². The summed E-state index contributed by atoms with van der Waals surface area (Å²) in [6.07, 6.45) is 0. The average Bonchev–Trinajstić information content (AvgIpc) is 1.93. The Morgan fingerprint density at radius 2 is 1.50 bits per heavy atom. The topological polar surface area (TPSA) is 0 Å². The Morgan fingerprint density at radius 3 is 2.00 bits per heavy atom. The van der Waals surface area contributed by atoms with Gasteiger partial charge in [-0.1, -0.05) is 0 Å². The Balaban J connectivity index is 3.34. The fraction of sp³-hybridized carbons (Fsp3) is 0.333. The molecule has 1 rings (SSSR count). The van der Waals surface area contributed by atoms with E-state index in [-0.39, 0.29) is 0 Å². The third-order valence-corrected chi connectivity index (χ3v) is 3.19. The normalized spacial score (nSPS) is 9.90. The monoisotopic (exact) mass is 199 g/mol. The van der Waals surface area contributed by atoms with Gasteiger partial charge in [-0.05, 0) is 0 Å². The molecule has 0 atom stereocenters. The molecule has 1 aromatic rings. The molecule has 0 aliphatic rings. The van der Waals surface area contributed by atoms with Crippen molar-refractivity contribution in [2.24, 2.45) is 0 Å². The van der Waals surface area contributed by atoms with Crippen molar-refractivity contribution < 1.29 is 0 Å². The second kappa shape index (κ2) is 2.77. The van der Waals surface area contributed by atoms with Crippen LogP contribution >= 0.6 is 0 Å². The Morgan fingerprint density at radius 1 is 1.00 bits per heavy atom. The van der Waals surface area contributed by atoms with Gasteiger partial charge in [0.25, 0.3) is 0 Å². The van der Waals surface area contributed by atoms with Crippen molar-refractivity contribution in [1.82, 2.24) is 0 Å². The SMILES string of the molecule is Cc1ccc(C)c([Se])c1C. The summed E-state index contributed by atoms with van der Waals surface area (Å²) >= 11 is 3.08. The molecule has 0 saturated carbocycles. The number of rotatable bonds is 0. The van der Waals surface area contributed by atoms with Gasteiger partial charge in [0.05, 0.1) is 0 Å². The molecule has 0 saturated heterocycles. The summed E-state index contributed by atoms with van der Waals surface area (Å²) in [7, 11) is 0. The van der Waals surface area contributed by atoms with Crippen molar-refractivity contribution in [3.8, 4) is 0 Å². The van der Waals surface area contributed by atoms with Crippen LogP contribution in [0.5, 0.6) is 0 Å². The first-order valence-corrected chi connectivity index (χ1v) is 4.22. The van der Waals surface area contributed by atoms with Gasteiger partial charge in [-0.25, -0.2) is 0 Å². The zero-order valence-electron chi connectivity index (χ0n) is 6.56. The maximum atomic E-state index is 3.08. The van der Waals surface area contributed by atoms with Crippen LogP contribution in [0.2, 0.25) is 0 Å². The number of benzene rings is 1. The number of hydrogen-bond acceptors (Lipinski definition) is 0. The van der Waals surface area contributed by atoms with E-state index in [1.165, 1.54) is 21.2 Å². The molecule has 0 fully saturated rings. The van der Waals surface area contributed by atoms with Crippen LogP contribution in [0.25, 0.3) is 0 Å². The third-order valence-electron chi connectivity index (χ3n) is 1.87. The van der Waals surface area contributed by atoms with Crippen LogP contribution in [0.3, 0.4) is 0 Å². The molecule has 0 spiro atoms. The Bertz CT molecular complexity index is 224. The van der Waals surface area contributed by atoms with E-state index in [1.807, 2.05) is 0 Å². The second-order valence-corrected chi connectivity index (χ2v) is 3.51. The summed E-state index contributed by atoms with van der Waals surface area (Å²) in [5, 5.41) is 0. The first-order chi connectivity index (χ1) is 4.63. The van der Waals surface area contributed by atoms with Gasteiger partial charge in [-0.2, -0.15) is 0 Å². The minimum absolute atomic E-state index is 1.31. The van der Waals surface area contributed by atoms with Crippen LogP contribution in [0.15, 0.2) is 12.1 Å². The standard InChI is InChI=1S/C9H11Se/c1-6-4-5-7(2)9(10)8(6)3/h4-5H,1-3H3. The van der Waals surface area contributed by atoms with Crippen molar-refractivity contribution in [3.05, 3.63) is 28.8 Å². The van der Waals surface area contributed by atoms with E-state index in [0.29, 0.717) is 0 Å². The predicted octanol–water partition coefficient (Wildman–Crippen LogP) is 1.41. The van der Waals surface area contributed by atoms with Gasteiger partial charge >= 0.3 is 70.1 Å². The van der Waals surface area contributed by atoms with E-state index in [2.05, 4.69) is 48.9 Å². The summed E-state index contributed by atoms with van der Waals surface area (Å²) in [4.78, 5) is 0. The Labute approximate surface area is 70.5 Å². The predicted molar refractivity (Wildman–Crippen MR) is 46.0 cm³/mol. The molecule has 10 heavy (non-hydrogen) atoms. The third kappa shape index (κ3) is 1.25. The summed E-state index contributed by atoms with van der Waals surface area (Å²) in [5.74, 6) is 0. The number of aryl methyl sites for hydroxylation is 2. The molecule has 0 bridgehead atoms. The number of hydrogen-bond donors (Lipinski definition) is 0. The molecule has 0 aliphatic heterocycles. The molecule has 1 heteroatoms. The van der Waals surface area contributed by atoms with Crippen LogP contribution < -0.4 is 4.46 Å². The van der Waals surface area contributed by atoms with E-state index in [0.717, 1.165) is 0 Å². The van der Waals surface area contributed by atoms with Gasteiger partial charge in [-0.15, -0.1) is 0 Å². The summed E-state index contributed by atoms with van der Waals surface area (Å²) in [6, 6.07) is 4.31. The van der Waals surface area contributed by atoms with Gasteiger partial charge in [0.1, 0.15) is 0 Å². The molecular formula is C9H11Se. The van der Waals surface area contributed by atoms with Gasteiger partial charge in [-0.3, -0.25) is 0 Å². The molecule has 0 aromatic heterocycles. The molecule has 1 aromatic carbocycles. The zero-order valence-corrected chi connectivity index (χ0v) is 8.28. The van der Waals surface area contributed by atoms with Crippen LogP contribution in [0.4, 0.5) is 0 Å². The first kappa shape index (κ1) is 7.84. The Kier molecular flexibility index (Phi) is 2.17. The molecule has 0 N–H and O–H groups in total. The molecule has 0 unspecified atom stereocenters. The molecule has 53 valence electrons. The quantitative estimate of drug-likeness (QED) is 0.553. The van der Waals surface area contributed by atoms with E-state index < -0.39 is 0 Å². The van der Waals surface area contributed by atoms with Crippen molar-refractivity contribution in [3.63, 3.8) is 0 Å². The van der Waals surface area contributed by atoms with Crippen LogP contribution in [-0.4, -0.2) is 16.0 Å². The molecule has 0 nitrogen and oxygen atoms in total. The average molecular weight is 198 g/mol. The molecule has 0 heterocycles.